The van der Waals surface area contributed by atoms with Crippen LogP contribution < -0.4 is 10.9 Å². The zero-order valence-corrected chi connectivity index (χ0v) is 12.7. The first-order valence-electron chi connectivity index (χ1n) is 7.36. The molecule has 22 heavy (non-hydrogen) atoms. The van der Waals surface area contributed by atoms with Gasteiger partial charge in [0.2, 0.25) is 5.95 Å². The van der Waals surface area contributed by atoms with E-state index in [1.54, 1.807) is 12.3 Å². The molecule has 3 aromatic rings. The van der Waals surface area contributed by atoms with Gasteiger partial charge in [0.25, 0.3) is 5.56 Å². The van der Waals surface area contributed by atoms with Gasteiger partial charge in [-0.1, -0.05) is 26.0 Å². The standard InChI is InChI=1S/C16H19N5O/c1-11(2)10-21-8-7-17-14(21)9-18-16-19-13-6-4-3-5-12(13)15(22)20-16/h3-8,11H,9-10H2,1-2H3,(H2,18,19,20,22). The molecule has 0 fully saturated rings. The van der Waals surface area contributed by atoms with Crippen LogP contribution in [0.25, 0.3) is 10.9 Å². The lowest BCUT2D eigenvalue weighted by atomic mass is 10.2. The normalized spacial score (nSPS) is 11.2. The van der Waals surface area contributed by atoms with Crippen molar-refractivity contribution in [2.45, 2.75) is 26.9 Å². The van der Waals surface area contributed by atoms with Crippen LogP contribution in [-0.2, 0) is 13.1 Å². The van der Waals surface area contributed by atoms with E-state index in [0.717, 1.165) is 12.4 Å². The van der Waals surface area contributed by atoms with E-state index in [2.05, 4.69) is 38.7 Å². The molecular weight excluding hydrogens is 278 g/mol. The Morgan fingerprint density at radius 1 is 1.32 bits per heavy atom. The smallest absolute Gasteiger partial charge is 0.260 e. The fourth-order valence-electron chi connectivity index (χ4n) is 2.40. The number of nitrogens with one attached hydrogen (secondary N) is 2. The lowest BCUT2D eigenvalue weighted by Crippen LogP contribution is -2.16. The summed E-state index contributed by atoms with van der Waals surface area (Å²) in [5.74, 6) is 1.93. The van der Waals surface area contributed by atoms with Crippen molar-refractivity contribution in [3.8, 4) is 0 Å². The molecule has 0 aliphatic carbocycles. The number of hydrogen-bond donors (Lipinski definition) is 2. The van der Waals surface area contributed by atoms with Crippen LogP contribution >= 0.6 is 0 Å². The summed E-state index contributed by atoms with van der Waals surface area (Å²) in [6.07, 6.45) is 3.75. The van der Waals surface area contributed by atoms with Gasteiger partial charge in [-0.2, -0.15) is 0 Å². The van der Waals surface area contributed by atoms with Gasteiger partial charge in [-0.25, -0.2) is 9.97 Å². The molecule has 0 amide bonds. The van der Waals surface area contributed by atoms with Gasteiger partial charge in [-0.05, 0) is 18.1 Å². The number of rotatable bonds is 5. The zero-order valence-electron chi connectivity index (χ0n) is 12.7. The molecule has 0 spiro atoms. The molecule has 0 atom stereocenters. The number of nitrogens with zero attached hydrogens (tertiary/aromatic N) is 3. The van der Waals surface area contributed by atoms with Crippen LogP contribution in [0.1, 0.15) is 19.7 Å². The Balaban J connectivity index is 1.80. The first-order valence-corrected chi connectivity index (χ1v) is 7.36. The summed E-state index contributed by atoms with van der Waals surface area (Å²) < 4.78 is 2.11. The van der Waals surface area contributed by atoms with Crippen molar-refractivity contribution in [2.24, 2.45) is 5.92 Å². The second-order valence-corrected chi connectivity index (χ2v) is 5.67. The Labute approximate surface area is 128 Å². The van der Waals surface area contributed by atoms with Gasteiger partial charge in [0.15, 0.2) is 0 Å². The average Bonchev–Trinajstić information content (AvgIpc) is 2.91. The minimum absolute atomic E-state index is 0.140. The third-order valence-corrected chi connectivity index (χ3v) is 3.39. The van der Waals surface area contributed by atoms with Crippen molar-refractivity contribution in [1.82, 2.24) is 19.5 Å². The summed E-state index contributed by atoms with van der Waals surface area (Å²) in [6.45, 7) is 5.76. The summed E-state index contributed by atoms with van der Waals surface area (Å²) >= 11 is 0. The number of H-pyrrole nitrogens is 1. The van der Waals surface area contributed by atoms with E-state index in [4.69, 9.17) is 0 Å². The summed E-state index contributed by atoms with van der Waals surface area (Å²) in [7, 11) is 0. The van der Waals surface area contributed by atoms with Crippen LogP contribution in [0, 0.1) is 5.92 Å². The number of hydrogen-bond acceptors (Lipinski definition) is 4. The predicted molar refractivity (Wildman–Crippen MR) is 86.8 cm³/mol. The van der Waals surface area contributed by atoms with E-state index < -0.39 is 0 Å². The van der Waals surface area contributed by atoms with Crippen molar-refractivity contribution >= 4 is 16.9 Å². The number of para-hydroxylation sites is 1. The zero-order chi connectivity index (χ0) is 15.5. The minimum Gasteiger partial charge on any atom is -0.348 e. The predicted octanol–water partition coefficient (Wildman–Crippen LogP) is 2.39. The van der Waals surface area contributed by atoms with E-state index >= 15 is 0 Å². The Hall–Kier alpha value is -2.63. The van der Waals surface area contributed by atoms with Gasteiger partial charge in [-0.15, -0.1) is 0 Å². The number of fused-ring (bicyclic) bond motifs is 1. The highest BCUT2D eigenvalue weighted by atomic mass is 16.1. The lowest BCUT2D eigenvalue weighted by molar-refractivity contribution is 0.509. The van der Waals surface area contributed by atoms with Crippen LogP contribution in [-0.4, -0.2) is 19.5 Å². The van der Waals surface area contributed by atoms with Crippen LogP contribution in [0.5, 0.6) is 0 Å². The van der Waals surface area contributed by atoms with Crippen molar-refractivity contribution in [1.29, 1.82) is 0 Å². The van der Waals surface area contributed by atoms with E-state index in [1.165, 1.54) is 0 Å². The molecule has 0 aliphatic heterocycles. The van der Waals surface area contributed by atoms with Crippen LogP contribution in [0.3, 0.4) is 0 Å². The van der Waals surface area contributed by atoms with Gasteiger partial charge >= 0.3 is 0 Å². The van der Waals surface area contributed by atoms with Crippen molar-refractivity contribution < 1.29 is 0 Å². The fourth-order valence-corrected chi connectivity index (χ4v) is 2.40. The highest BCUT2D eigenvalue weighted by molar-refractivity contribution is 5.78. The van der Waals surface area contributed by atoms with Gasteiger partial charge < -0.3 is 9.88 Å². The highest BCUT2D eigenvalue weighted by Crippen LogP contribution is 2.09. The first kappa shape index (κ1) is 14.3. The average molecular weight is 297 g/mol. The summed E-state index contributed by atoms with van der Waals surface area (Å²) in [5.41, 5.74) is 0.540. The molecule has 1 aromatic carbocycles. The molecule has 114 valence electrons. The molecule has 2 aromatic heterocycles. The summed E-state index contributed by atoms with van der Waals surface area (Å²) in [5, 5.41) is 3.74. The summed E-state index contributed by atoms with van der Waals surface area (Å²) in [6, 6.07) is 7.29. The number of aromatic nitrogens is 4. The van der Waals surface area contributed by atoms with Crippen molar-refractivity contribution in [3.63, 3.8) is 0 Å². The quantitative estimate of drug-likeness (QED) is 0.758. The Morgan fingerprint density at radius 2 is 2.14 bits per heavy atom. The second kappa shape index (κ2) is 6.01. The van der Waals surface area contributed by atoms with Crippen molar-refractivity contribution in [2.75, 3.05) is 5.32 Å². The first-order chi connectivity index (χ1) is 10.6. The molecule has 3 rings (SSSR count). The molecule has 6 heteroatoms. The maximum atomic E-state index is 12.0. The fraction of sp³-hybridized carbons (Fsp3) is 0.312. The van der Waals surface area contributed by atoms with Crippen LogP contribution in [0.2, 0.25) is 0 Å². The number of imidazole rings is 1. The topological polar surface area (TPSA) is 75.6 Å². The highest BCUT2D eigenvalue weighted by Gasteiger charge is 2.06. The molecule has 0 saturated heterocycles. The maximum Gasteiger partial charge on any atom is 0.260 e. The molecule has 2 heterocycles. The molecule has 0 saturated carbocycles. The van der Waals surface area contributed by atoms with Gasteiger partial charge in [0.05, 0.1) is 17.4 Å². The molecule has 2 N–H and O–H groups in total. The molecule has 6 nitrogen and oxygen atoms in total. The maximum absolute atomic E-state index is 12.0. The molecule has 0 aliphatic rings. The van der Waals surface area contributed by atoms with E-state index in [1.807, 2.05) is 24.4 Å². The Kier molecular flexibility index (Phi) is 3.91. The largest absolute Gasteiger partial charge is 0.348 e. The lowest BCUT2D eigenvalue weighted by Gasteiger charge is -2.11. The molecular formula is C16H19N5O. The van der Waals surface area contributed by atoms with Gasteiger partial charge in [0.1, 0.15) is 5.82 Å². The Morgan fingerprint density at radius 3 is 2.95 bits per heavy atom. The van der Waals surface area contributed by atoms with Crippen LogP contribution in [0.15, 0.2) is 41.5 Å². The SMILES string of the molecule is CC(C)Cn1ccnc1CNc1nc2ccccc2c(=O)[nH]1. The molecule has 0 bridgehead atoms. The van der Waals surface area contributed by atoms with Crippen LogP contribution in [0.4, 0.5) is 5.95 Å². The van der Waals surface area contributed by atoms with E-state index in [9.17, 15) is 4.79 Å². The number of aromatic amines is 1. The monoisotopic (exact) mass is 297 g/mol. The van der Waals surface area contributed by atoms with E-state index in [0.29, 0.717) is 29.3 Å². The second-order valence-electron chi connectivity index (χ2n) is 5.67. The number of benzene rings is 1. The Bertz CT molecular complexity index is 834. The summed E-state index contributed by atoms with van der Waals surface area (Å²) in [4.78, 5) is 23.5. The van der Waals surface area contributed by atoms with Gasteiger partial charge in [0, 0.05) is 18.9 Å². The minimum atomic E-state index is -0.140. The van der Waals surface area contributed by atoms with Gasteiger partial charge in [-0.3, -0.25) is 9.78 Å². The molecule has 0 radical (unpaired) electrons. The van der Waals surface area contributed by atoms with Crippen molar-refractivity contribution in [3.05, 3.63) is 52.8 Å². The molecule has 0 unspecified atom stereocenters. The third-order valence-electron chi connectivity index (χ3n) is 3.39. The third kappa shape index (κ3) is 3.00. The van der Waals surface area contributed by atoms with E-state index in [-0.39, 0.29) is 5.56 Å². The number of anilines is 1.